The molecule has 1 aromatic carbocycles. The number of halogens is 1. The van der Waals surface area contributed by atoms with Gasteiger partial charge in [-0.1, -0.05) is 0 Å². The van der Waals surface area contributed by atoms with E-state index in [1.54, 1.807) is 0 Å². The van der Waals surface area contributed by atoms with Crippen LogP contribution in [0.2, 0.25) is 0 Å². The zero-order valence-corrected chi connectivity index (χ0v) is 15.0. The molecule has 2 unspecified atom stereocenters. The Morgan fingerprint density at radius 1 is 1.28 bits per heavy atom. The number of hydrogen-bond acceptors (Lipinski definition) is 4. The maximum Gasteiger partial charge on any atom is 0.254 e. The van der Waals surface area contributed by atoms with Gasteiger partial charge in [-0.15, -0.1) is 0 Å². The first-order valence-corrected chi connectivity index (χ1v) is 8.58. The number of benzene rings is 1. The van der Waals surface area contributed by atoms with E-state index in [-0.39, 0.29) is 23.7 Å². The minimum atomic E-state index is -0.609. The SMILES string of the molecule is CC(=O)Nc1ccc(F)c(C(=O)NCCCN2CC(C)OC(C)C2)c1. The van der Waals surface area contributed by atoms with Gasteiger partial charge >= 0.3 is 0 Å². The Morgan fingerprint density at radius 3 is 2.60 bits per heavy atom. The van der Waals surface area contributed by atoms with Crippen molar-refractivity contribution in [3.63, 3.8) is 0 Å². The lowest BCUT2D eigenvalue weighted by Gasteiger charge is -2.35. The molecule has 7 heteroatoms. The monoisotopic (exact) mass is 351 g/mol. The summed E-state index contributed by atoms with van der Waals surface area (Å²) in [5.74, 6) is -1.36. The van der Waals surface area contributed by atoms with Gasteiger partial charge in [-0.2, -0.15) is 0 Å². The van der Waals surface area contributed by atoms with Crippen molar-refractivity contribution < 1.29 is 18.7 Å². The molecule has 2 rings (SSSR count). The lowest BCUT2D eigenvalue weighted by molar-refractivity contribution is -0.114. The molecule has 0 spiro atoms. The van der Waals surface area contributed by atoms with E-state index in [4.69, 9.17) is 4.74 Å². The van der Waals surface area contributed by atoms with E-state index in [0.717, 1.165) is 26.1 Å². The van der Waals surface area contributed by atoms with E-state index in [9.17, 15) is 14.0 Å². The number of carbonyl (C=O) groups is 2. The number of hydrogen-bond donors (Lipinski definition) is 2. The fourth-order valence-corrected chi connectivity index (χ4v) is 3.05. The maximum absolute atomic E-state index is 13.8. The minimum absolute atomic E-state index is 0.0696. The largest absolute Gasteiger partial charge is 0.373 e. The summed E-state index contributed by atoms with van der Waals surface area (Å²) in [5, 5.41) is 5.27. The van der Waals surface area contributed by atoms with Crippen LogP contribution >= 0.6 is 0 Å². The van der Waals surface area contributed by atoms with Gasteiger partial charge in [0.1, 0.15) is 5.82 Å². The smallest absolute Gasteiger partial charge is 0.254 e. The Balaban J connectivity index is 1.81. The van der Waals surface area contributed by atoms with Crippen LogP contribution in [0.15, 0.2) is 18.2 Å². The van der Waals surface area contributed by atoms with E-state index < -0.39 is 11.7 Å². The first-order chi connectivity index (χ1) is 11.8. The highest BCUT2D eigenvalue weighted by Gasteiger charge is 2.21. The molecule has 1 heterocycles. The number of amides is 2. The van der Waals surface area contributed by atoms with Crippen LogP contribution in [0.5, 0.6) is 0 Å². The number of anilines is 1. The predicted octanol–water partition coefficient (Wildman–Crippen LogP) is 2.01. The summed E-state index contributed by atoms with van der Waals surface area (Å²) in [5.41, 5.74) is 0.329. The molecule has 2 N–H and O–H groups in total. The van der Waals surface area contributed by atoms with Crippen LogP contribution in [0.3, 0.4) is 0 Å². The first-order valence-electron chi connectivity index (χ1n) is 8.58. The number of nitrogens with one attached hydrogen (secondary N) is 2. The van der Waals surface area contributed by atoms with Gasteiger partial charge in [0.15, 0.2) is 0 Å². The van der Waals surface area contributed by atoms with Crippen LogP contribution in [0.25, 0.3) is 0 Å². The second-order valence-electron chi connectivity index (χ2n) is 6.50. The third kappa shape index (κ3) is 6.10. The number of rotatable bonds is 6. The summed E-state index contributed by atoms with van der Waals surface area (Å²) in [6.07, 6.45) is 1.20. The quantitative estimate of drug-likeness (QED) is 0.769. The molecular formula is C18H26FN3O3. The predicted molar refractivity (Wildman–Crippen MR) is 94.1 cm³/mol. The molecule has 6 nitrogen and oxygen atoms in total. The minimum Gasteiger partial charge on any atom is -0.373 e. The Labute approximate surface area is 147 Å². The highest BCUT2D eigenvalue weighted by Crippen LogP contribution is 2.15. The number of nitrogens with zero attached hydrogens (tertiary/aromatic N) is 1. The summed E-state index contributed by atoms with van der Waals surface area (Å²) >= 11 is 0. The van der Waals surface area contributed by atoms with Crippen LogP contribution in [-0.2, 0) is 9.53 Å². The van der Waals surface area contributed by atoms with Gasteiger partial charge in [0.05, 0.1) is 17.8 Å². The molecule has 138 valence electrons. The zero-order valence-electron chi connectivity index (χ0n) is 15.0. The van der Waals surface area contributed by atoms with Gasteiger partial charge in [0.25, 0.3) is 5.91 Å². The molecule has 2 atom stereocenters. The number of carbonyl (C=O) groups excluding carboxylic acids is 2. The second-order valence-corrected chi connectivity index (χ2v) is 6.50. The van der Waals surface area contributed by atoms with Crippen LogP contribution < -0.4 is 10.6 Å². The highest BCUT2D eigenvalue weighted by atomic mass is 19.1. The first kappa shape index (κ1) is 19.3. The van der Waals surface area contributed by atoms with Crippen molar-refractivity contribution in [2.75, 3.05) is 31.5 Å². The standard InChI is InChI=1S/C18H26FN3O3/c1-12-10-22(11-13(2)25-12)8-4-7-20-18(24)16-9-15(21-14(3)23)5-6-17(16)19/h5-6,9,12-13H,4,7-8,10-11H2,1-3H3,(H,20,24)(H,21,23). The van der Waals surface area contributed by atoms with E-state index in [0.29, 0.717) is 12.2 Å². The zero-order chi connectivity index (χ0) is 18.4. The lowest BCUT2D eigenvalue weighted by atomic mass is 10.1. The van der Waals surface area contributed by atoms with Crippen LogP contribution in [0.1, 0.15) is 37.6 Å². The van der Waals surface area contributed by atoms with Crippen molar-refractivity contribution in [3.05, 3.63) is 29.6 Å². The topological polar surface area (TPSA) is 70.7 Å². The van der Waals surface area contributed by atoms with Crippen LogP contribution in [-0.4, -0.2) is 55.1 Å². The Kier molecular flexibility index (Phi) is 6.90. The molecule has 0 saturated carbocycles. The van der Waals surface area contributed by atoms with Crippen molar-refractivity contribution >= 4 is 17.5 Å². The average molecular weight is 351 g/mol. The molecule has 0 radical (unpaired) electrons. The van der Waals surface area contributed by atoms with Crippen molar-refractivity contribution in [3.8, 4) is 0 Å². The third-order valence-electron chi connectivity index (χ3n) is 3.96. The highest BCUT2D eigenvalue weighted by molar-refractivity contribution is 5.97. The molecule has 0 bridgehead atoms. The molecular weight excluding hydrogens is 325 g/mol. The van der Waals surface area contributed by atoms with Gasteiger partial charge in [0, 0.05) is 38.8 Å². The van der Waals surface area contributed by atoms with Gasteiger partial charge < -0.3 is 15.4 Å². The summed E-state index contributed by atoms with van der Waals surface area (Å²) in [7, 11) is 0. The summed E-state index contributed by atoms with van der Waals surface area (Å²) in [4.78, 5) is 25.5. The molecule has 1 fully saturated rings. The van der Waals surface area contributed by atoms with Crippen LogP contribution in [0.4, 0.5) is 10.1 Å². The fraction of sp³-hybridized carbons (Fsp3) is 0.556. The molecule has 1 aliphatic rings. The summed E-state index contributed by atoms with van der Waals surface area (Å²) in [6, 6.07) is 3.95. The third-order valence-corrected chi connectivity index (χ3v) is 3.96. The Morgan fingerprint density at radius 2 is 1.96 bits per heavy atom. The Hall–Kier alpha value is -1.99. The molecule has 1 aromatic rings. The molecule has 1 saturated heterocycles. The van der Waals surface area contributed by atoms with E-state index in [1.807, 2.05) is 0 Å². The number of ether oxygens (including phenoxy) is 1. The van der Waals surface area contributed by atoms with Crippen LogP contribution in [0, 0.1) is 5.82 Å². The number of morpholine rings is 1. The van der Waals surface area contributed by atoms with Gasteiger partial charge in [-0.05, 0) is 38.5 Å². The molecule has 2 amide bonds. The average Bonchev–Trinajstić information content (AvgIpc) is 2.52. The van der Waals surface area contributed by atoms with Gasteiger partial charge in [0.2, 0.25) is 5.91 Å². The summed E-state index contributed by atoms with van der Waals surface area (Å²) in [6.45, 7) is 8.54. The molecule has 0 aliphatic carbocycles. The summed E-state index contributed by atoms with van der Waals surface area (Å²) < 4.78 is 19.5. The van der Waals surface area contributed by atoms with E-state index >= 15 is 0 Å². The second kappa shape index (κ2) is 8.92. The van der Waals surface area contributed by atoms with Crippen molar-refractivity contribution in [1.82, 2.24) is 10.2 Å². The van der Waals surface area contributed by atoms with Crippen molar-refractivity contribution in [2.24, 2.45) is 0 Å². The molecule has 1 aliphatic heterocycles. The van der Waals surface area contributed by atoms with E-state index in [1.165, 1.54) is 25.1 Å². The van der Waals surface area contributed by atoms with Gasteiger partial charge in [-0.3, -0.25) is 14.5 Å². The maximum atomic E-state index is 13.8. The van der Waals surface area contributed by atoms with Crippen molar-refractivity contribution in [1.29, 1.82) is 0 Å². The van der Waals surface area contributed by atoms with E-state index in [2.05, 4.69) is 29.4 Å². The fourth-order valence-electron chi connectivity index (χ4n) is 3.05. The Bertz CT molecular complexity index is 614. The molecule has 0 aromatic heterocycles. The molecule has 25 heavy (non-hydrogen) atoms. The lowest BCUT2D eigenvalue weighted by Crippen LogP contribution is -2.46. The van der Waals surface area contributed by atoms with Gasteiger partial charge in [-0.25, -0.2) is 4.39 Å². The normalized spacial score (nSPS) is 21.0. The van der Waals surface area contributed by atoms with Crippen molar-refractivity contribution in [2.45, 2.75) is 39.4 Å².